The van der Waals surface area contributed by atoms with Gasteiger partial charge in [0.2, 0.25) is 6.10 Å². The minimum Gasteiger partial charge on any atom is -0.474 e. The zero-order chi connectivity index (χ0) is 21.8. The lowest BCUT2D eigenvalue weighted by Crippen LogP contribution is -2.21. The molecule has 0 unspecified atom stereocenters. The van der Waals surface area contributed by atoms with Crippen molar-refractivity contribution in [1.29, 1.82) is 0 Å². The molecule has 0 saturated heterocycles. The summed E-state index contributed by atoms with van der Waals surface area (Å²) in [6.07, 6.45) is -0.932. The van der Waals surface area contributed by atoms with Crippen LogP contribution in [0.3, 0.4) is 0 Å². The smallest absolute Gasteiger partial charge is 0.352 e. The lowest BCUT2D eigenvalue weighted by molar-refractivity contribution is -0.151. The van der Waals surface area contributed by atoms with Gasteiger partial charge >= 0.3 is 11.6 Å². The first-order chi connectivity index (χ1) is 15.0. The van der Waals surface area contributed by atoms with E-state index in [1.165, 1.54) is 0 Å². The van der Waals surface area contributed by atoms with E-state index in [4.69, 9.17) is 25.5 Å². The first-order valence-electron chi connectivity index (χ1n) is 9.77. The summed E-state index contributed by atoms with van der Waals surface area (Å²) in [4.78, 5) is 25.0. The summed E-state index contributed by atoms with van der Waals surface area (Å²) >= 11 is 5.93. The van der Waals surface area contributed by atoms with E-state index in [0.29, 0.717) is 33.0 Å². The molecule has 4 aromatic rings. The molecule has 5 nitrogen and oxygen atoms in total. The van der Waals surface area contributed by atoms with Gasteiger partial charge in [0, 0.05) is 22.0 Å². The number of carbonyl (C=O) groups is 1. The molecule has 4 rings (SSSR count). The molecule has 1 heterocycles. The van der Waals surface area contributed by atoms with Gasteiger partial charge in [0.25, 0.3) is 0 Å². The summed E-state index contributed by atoms with van der Waals surface area (Å²) in [7, 11) is 0. The zero-order valence-electron chi connectivity index (χ0n) is 16.7. The van der Waals surface area contributed by atoms with Gasteiger partial charge in [-0.05, 0) is 42.8 Å². The van der Waals surface area contributed by atoms with Gasteiger partial charge in [-0.1, -0.05) is 54.1 Å². The van der Waals surface area contributed by atoms with Crippen molar-refractivity contribution in [1.82, 2.24) is 0 Å². The SMILES string of the molecule is CCOC(=O)[C@H](Oc1ccc2cc(-c3ccc(Cl)cc3)c(=O)oc2c1)c1ccccc1. The summed E-state index contributed by atoms with van der Waals surface area (Å²) in [5.41, 5.74) is 1.70. The fourth-order valence-electron chi connectivity index (χ4n) is 3.23. The fraction of sp³-hybridized carbons (Fsp3) is 0.120. The van der Waals surface area contributed by atoms with Crippen molar-refractivity contribution in [3.63, 3.8) is 0 Å². The number of esters is 1. The third-order valence-electron chi connectivity index (χ3n) is 4.72. The first kappa shape index (κ1) is 20.7. The van der Waals surface area contributed by atoms with Crippen molar-refractivity contribution in [2.75, 3.05) is 6.61 Å². The predicted molar refractivity (Wildman–Crippen MR) is 119 cm³/mol. The number of fused-ring (bicyclic) bond motifs is 1. The highest BCUT2D eigenvalue weighted by atomic mass is 35.5. The maximum Gasteiger partial charge on any atom is 0.352 e. The molecule has 6 heteroatoms. The zero-order valence-corrected chi connectivity index (χ0v) is 17.5. The molecule has 0 saturated carbocycles. The number of halogens is 1. The van der Waals surface area contributed by atoms with Gasteiger partial charge in [0.1, 0.15) is 11.3 Å². The van der Waals surface area contributed by atoms with E-state index < -0.39 is 17.7 Å². The van der Waals surface area contributed by atoms with Crippen LogP contribution in [-0.4, -0.2) is 12.6 Å². The monoisotopic (exact) mass is 434 g/mol. The summed E-state index contributed by atoms with van der Waals surface area (Å²) in [6, 6.07) is 22.9. The van der Waals surface area contributed by atoms with E-state index in [1.54, 1.807) is 67.6 Å². The molecule has 0 fully saturated rings. The Kier molecular flexibility index (Phi) is 6.05. The lowest BCUT2D eigenvalue weighted by atomic mass is 10.1. The molecule has 3 aromatic carbocycles. The van der Waals surface area contributed by atoms with Gasteiger partial charge in [0.05, 0.1) is 12.2 Å². The van der Waals surface area contributed by atoms with Crippen molar-refractivity contribution in [3.05, 3.63) is 99.9 Å². The molecule has 31 heavy (non-hydrogen) atoms. The van der Waals surface area contributed by atoms with Crippen LogP contribution in [0.1, 0.15) is 18.6 Å². The second-order valence-electron chi connectivity index (χ2n) is 6.81. The summed E-state index contributed by atoms with van der Waals surface area (Å²) in [5, 5.41) is 1.31. The largest absolute Gasteiger partial charge is 0.474 e. The van der Waals surface area contributed by atoms with Crippen LogP contribution < -0.4 is 10.4 Å². The predicted octanol–water partition coefficient (Wildman–Crippen LogP) is 5.80. The molecular weight excluding hydrogens is 416 g/mol. The molecule has 0 radical (unpaired) electrons. The topological polar surface area (TPSA) is 65.7 Å². The van der Waals surface area contributed by atoms with Gasteiger partial charge in [-0.25, -0.2) is 9.59 Å². The highest BCUT2D eigenvalue weighted by molar-refractivity contribution is 6.30. The van der Waals surface area contributed by atoms with Crippen LogP contribution in [0.15, 0.2) is 88.1 Å². The van der Waals surface area contributed by atoms with Crippen LogP contribution in [0.2, 0.25) is 5.02 Å². The molecule has 156 valence electrons. The third-order valence-corrected chi connectivity index (χ3v) is 4.97. The van der Waals surface area contributed by atoms with Gasteiger partial charge < -0.3 is 13.9 Å². The van der Waals surface area contributed by atoms with Crippen LogP contribution in [0.5, 0.6) is 5.75 Å². The molecule has 1 atom stereocenters. The van der Waals surface area contributed by atoms with Gasteiger partial charge in [-0.15, -0.1) is 0 Å². The van der Waals surface area contributed by atoms with Crippen molar-refractivity contribution in [2.45, 2.75) is 13.0 Å². The highest BCUT2D eigenvalue weighted by Gasteiger charge is 2.24. The molecule has 0 amide bonds. The molecule has 0 N–H and O–H groups in total. The molecule has 0 spiro atoms. The van der Waals surface area contributed by atoms with E-state index in [-0.39, 0.29) is 6.61 Å². The van der Waals surface area contributed by atoms with Crippen molar-refractivity contribution in [2.24, 2.45) is 0 Å². The Morgan fingerprint density at radius 1 is 1.00 bits per heavy atom. The Morgan fingerprint density at radius 3 is 2.45 bits per heavy atom. The standard InChI is InChI=1S/C25H19ClO5/c1-2-29-25(28)23(17-6-4-3-5-7-17)30-20-13-10-18-14-21(24(27)31-22(18)15-20)16-8-11-19(26)12-9-16/h3-15,23H,2H2,1H3/t23-/m1/s1. The van der Waals surface area contributed by atoms with E-state index in [2.05, 4.69) is 0 Å². The minimum absolute atomic E-state index is 0.242. The molecule has 0 bridgehead atoms. The fourth-order valence-corrected chi connectivity index (χ4v) is 3.36. The second kappa shape index (κ2) is 9.06. The van der Waals surface area contributed by atoms with E-state index in [9.17, 15) is 9.59 Å². The number of benzene rings is 3. The number of ether oxygens (including phenoxy) is 2. The number of rotatable bonds is 6. The van der Waals surface area contributed by atoms with Crippen molar-refractivity contribution < 1.29 is 18.7 Å². The molecule has 0 aliphatic rings. The van der Waals surface area contributed by atoms with Crippen molar-refractivity contribution in [3.8, 4) is 16.9 Å². The third kappa shape index (κ3) is 4.62. The Balaban J connectivity index is 1.68. The van der Waals surface area contributed by atoms with Crippen molar-refractivity contribution >= 4 is 28.5 Å². The Morgan fingerprint density at radius 2 is 1.74 bits per heavy atom. The maximum absolute atomic E-state index is 12.6. The molecular formula is C25H19ClO5. The average molecular weight is 435 g/mol. The number of hydrogen-bond donors (Lipinski definition) is 0. The van der Waals surface area contributed by atoms with Gasteiger partial charge in [-0.3, -0.25) is 0 Å². The summed E-state index contributed by atoms with van der Waals surface area (Å²) < 4.78 is 16.6. The Labute approximate surface area is 183 Å². The van der Waals surface area contributed by atoms with Crippen LogP contribution in [-0.2, 0) is 9.53 Å². The van der Waals surface area contributed by atoms with Gasteiger partial charge in [-0.2, -0.15) is 0 Å². The van der Waals surface area contributed by atoms with Crippen LogP contribution in [0, 0.1) is 0 Å². The minimum atomic E-state index is -0.932. The van der Waals surface area contributed by atoms with Gasteiger partial charge in [0.15, 0.2) is 0 Å². The number of carbonyl (C=O) groups excluding carboxylic acids is 1. The normalized spacial score (nSPS) is 11.8. The first-order valence-corrected chi connectivity index (χ1v) is 10.1. The van der Waals surface area contributed by atoms with Crippen LogP contribution in [0.25, 0.3) is 22.1 Å². The molecule has 0 aliphatic heterocycles. The second-order valence-corrected chi connectivity index (χ2v) is 7.25. The average Bonchev–Trinajstić information content (AvgIpc) is 2.78. The van der Waals surface area contributed by atoms with E-state index in [0.717, 1.165) is 5.39 Å². The maximum atomic E-state index is 12.6. The Bertz CT molecular complexity index is 1260. The van der Waals surface area contributed by atoms with Crippen LogP contribution >= 0.6 is 11.6 Å². The Hall–Kier alpha value is -3.57. The summed E-state index contributed by atoms with van der Waals surface area (Å²) in [6.45, 7) is 1.98. The highest BCUT2D eigenvalue weighted by Crippen LogP contribution is 2.28. The molecule has 1 aromatic heterocycles. The number of hydrogen-bond acceptors (Lipinski definition) is 5. The quantitative estimate of drug-likeness (QED) is 0.283. The van der Waals surface area contributed by atoms with Crippen LogP contribution in [0.4, 0.5) is 0 Å². The lowest BCUT2D eigenvalue weighted by Gasteiger charge is -2.18. The molecule has 0 aliphatic carbocycles. The summed E-state index contributed by atoms with van der Waals surface area (Å²) in [5.74, 6) is -0.106. The van der Waals surface area contributed by atoms with E-state index >= 15 is 0 Å². The van der Waals surface area contributed by atoms with E-state index in [1.807, 2.05) is 18.2 Å².